The van der Waals surface area contributed by atoms with Crippen LogP contribution in [0.5, 0.6) is 0 Å². The molecule has 1 saturated heterocycles. The number of halogens is 1. The van der Waals surface area contributed by atoms with Gasteiger partial charge in [-0.2, -0.15) is 5.16 Å². The molecule has 1 unspecified atom stereocenters. The molecule has 3 heterocycles. The molecule has 3 aromatic rings. The van der Waals surface area contributed by atoms with Crippen molar-refractivity contribution < 1.29 is 8.91 Å². The molecule has 2 aromatic heterocycles. The summed E-state index contributed by atoms with van der Waals surface area (Å²) in [5.41, 5.74) is 0.106. The molecular weight excluding hydrogens is 327 g/mol. The topological polar surface area (TPSA) is 83.3 Å². The van der Waals surface area contributed by atoms with Crippen molar-refractivity contribution in [1.29, 1.82) is 0 Å². The first-order valence-corrected chi connectivity index (χ1v) is 8.36. The highest BCUT2D eigenvalue weighted by Gasteiger charge is 2.22. The maximum Gasteiger partial charge on any atom is 0.293 e. The van der Waals surface area contributed by atoms with Crippen molar-refractivity contribution in [1.82, 2.24) is 15.0 Å². The minimum absolute atomic E-state index is 0.0719. The van der Waals surface area contributed by atoms with E-state index in [2.05, 4.69) is 10.5 Å². The quantitative estimate of drug-likeness (QED) is 0.733. The first-order chi connectivity index (χ1) is 12.0. The number of rotatable bonds is 2. The number of benzene rings is 1. The van der Waals surface area contributed by atoms with Gasteiger partial charge in [0.15, 0.2) is 5.39 Å². The molecule has 0 radical (unpaired) electrons. The highest BCUT2D eigenvalue weighted by atomic mass is 19.1. The molecule has 0 amide bonds. The van der Waals surface area contributed by atoms with Crippen molar-refractivity contribution in [2.75, 3.05) is 24.5 Å². The molecule has 132 valence electrons. The van der Waals surface area contributed by atoms with Crippen molar-refractivity contribution in [2.24, 2.45) is 0 Å². The van der Waals surface area contributed by atoms with Crippen LogP contribution in [0.1, 0.15) is 13.8 Å². The van der Waals surface area contributed by atoms with Gasteiger partial charge in [-0.1, -0.05) is 0 Å². The SMILES string of the molecule is CCn1c2cc(N3CCNC(C)C3)c(F)cc2c(=O)c2c(=O)[nH]oc21. The fourth-order valence-corrected chi connectivity index (χ4v) is 3.59. The second-order valence-corrected chi connectivity index (χ2v) is 6.41. The van der Waals surface area contributed by atoms with Crippen LogP contribution in [0.25, 0.3) is 22.0 Å². The molecule has 7 nitrogen and oxygen atoms in total. The first-order valence-electron chi connectivity index (χ1n) is 8.36. The molecule has 1 aliphatic heterocycles. The van der Waals surface area contributed by atoms with Crippen LogP contribution in [-0.2, 0) is 6.54 Å². The summed E-state index contributed by atoms with van der Waals surface area (Å²) in [6.07, 6.45) is 0. The van der Waals surface area contributed by atoms with E-state index in [1.165, 1.54) is 6.07 Å². The third-order valence-electron chi connectivity index (χ3n) is 4.78. The largest absolute Gasteiger partial charge is 0.366 e. The smallest absolute Gasteiger partial charge is 0.293 e. The van der Waals surface area contributed by atoms with Gasteiger partial charge in [0.1, 0.15) is 5.82 Å². The average molecular weight is 346 g/mol. The van der Waals surface area contributed by atoms with Gasteiger partial charge in [-0.3, -0.25) is 9.59 Å². The van der Waals surface area contributed by atoms with Crippen LogP contribution in [0.15, 0.2) is 26.2 Å². The number of aromatic nitrogens is 2. The van der Waals surface area contributed by atoms with Crippen LogP contribution >= 0.6 is 0 Å². The van der Waals surface area contributed by atoms with Crippen molar-refractivity contribution in [3.05, 3.63) is 38.5 Å². The summed E-state index contributed by atoms with van der Waals surface area (Å²) in [4.78, 5) is 26.5. The minimum atomic E-state index is -0.593. The average Bonchev–Trinajstić information content (AvgIpc) is 2.97. The standard InChI is InChI=1S/C17H19FN4O3/c1-3-22-12-7-13(21-5-4-19-9(2)8-21)11(18)6-10(12)15(23)14-16(24)20-25-17(14)22/h6-7,9,19H,3-5,8H2,1-2H3,(H,20,24). The van der Waals surface area contributed by atoms with E-state index in [-0.39, 0.29) is 22.5 Å². The summed E-state index contributed by atoms with van der Waals surface area (Å²) in [6, 6.07) is 3.17. The normalized spacial score (nSPS) is 18.4. The van der Waals surface area contributed by atoms with Crippen molar-refractivity contribution in [3.8, 4) is 0 Å². The molecule has 1 aliphatic rings. The Balaban J connectivity index is 2.03. The number of nitrogens with one attached hydrogen (secondary N) is 2. The predicted molar refractivity (Wildman–Crippen MR) is 93.9 cm³/mol. The predicted octanol–water partition coefficient (Wildman–Crippen LogP) is 1.39. The second-order valence-electron chi connectivity index (χ2n) is 6.41. The van der Waals surface area contributed by atoms with Crippen molar-refractivity contribution >= 4 is 27.7 Å². The monoisotopic (exact) mass is 346 g/mol. The number of aromatic amines is 1. The molecule has 4 rings (SSSR count). The van der Waals surface area contributed by atoms with E-state index >= 15 is 0 Å². The number of anilines is 1. The molecule has 25 heavy (non-hydrogen) atoms. The van der Waals surface area contributed by atoms with Gasteiger partial charge in [-0.15, -0.1) is 0 Å². The van der Waals surface area contributed by atoms with Gasteiger partial charge in [0.05, 0.1) is 11.2 Å². The lowest BCUT2D eigenvalue weighted by atomic mass is 10.1. The zero-order valence-electron chi connectivity index (χ0n) is 14.1. The first kappa shape index (κ1) is 15.9. The van der Waals surface area contributed by atoms with Gasteiger partial charge < -0.3 is 19.3 Å². The van der Waals surface area contributed by atoms with Gasteiger partial charge in [0.25, 0.3) is 5.56 Å². The van der Waals surface area contributed by atoms with Crippen LogP contribution in [0.4, 0.5) is 10.1 Å². The number of hydrogen-bond donors (Lipinski definition) is 2. The fourth-order valence-electron chi connectivity index (χ4n) is 3.59. The minimum Gasteiger partial charge on any atom is -0.366 e. The van der Waals surface area contributed by atoms with Crippen LogP contribution in [0, 0.1) is 5.82 Å². The summed E-state index contributed by atoms with van der Waals surface area (Å²) >= 11 is 0. The number of piperazine rings is 1. The Morgan fingerprint density at radius 3 is 2.88 bits per heavy atom. The van der Waals surface area contributed by atoms with Gasteiger partial charge in [-0.05, 0) is 26.0 Å². The highest BCUT2D eigenvalue weighted by molar-refractivity contribution is 5.92. The summed E-state index contributed by atoms with van der Waals surface area (Å²) in [6.45, 7) is 6.55. The van der Waals surface area contributed by atoms with Crippen LogP contribution in [0.3, 0.4) is 0 Å². The molecule has 2 N–H and O–H groups in total. The van der Waals surface area contributed by atoms with E-state index < -0.39 is 16.8 Å². The molecular formula is C17H19FN4O3. The Hall–Kier alpha value is -2.61. The van der Waals surface area contributed by atoms with Crippen LogP contribution < -0.4 is 21.2 Å². The Morgan fingerprint density at radius 2 is 2.16 bits per heavy atom. The van der Waals surface area contributed by atoms with Crippen LogP contribution in [-0.4, -0.2) is 35.4 Å². The lowest BCUT2D eigenvalue weighted by molar-refractivity contribution is 0.430. The lowest BCUT2D eigenvalue weighted by Gasteiger charge is -2.34. The summed E-state index contributed by atoms with van der Waals surface area (Å²) in [5, 5.41) is 5.64. The summed E-state index contributed by atoms with van der Waals surface area (Å²) in [7, 11) is 0. The molecule has 1 fully saturated rings. The molecule has 1 aromatic carbocycles. The molecule has 1 atom stereocenters. The number of pyridine rings is 1. The van der Waals surface area contributed by atoms with E-state index in [4.69, 9.17) is 4.52 Å². The summed E-state index contributed by atoms with van der Waals surface area (Å²) in [5.74, 6) is -0.458. The van der Waals surface area contributed by atoms with Crippen molar-refractivity contribution in [3.63, 3.8) is 0 Å². The van der Waals surface area contributed by atoms with Gasteiger partial charge in [0.2, 0.25) is 11.1 Å². The third kappa shape index (κ3) is 2.36. The van der Waals surface area contributed by atoms with E-state index in [9.17, 15) is 14.0 Å². The Morgan fingerprint density at radius 1 is 1.36 bits per heavy atom. The Kier molecular flexibility index (Phi) is 3.64. The zero-order chi connectivity index (χ0) is 17.7. The van der Waals surface area contributed by atoms with E-state index in [1.54, 1.807) is 10.6 Å². The number of H-pyrrole nitrogens is 1. The van der Waals surface area contributed by atoms with E-state index in [0.717, 1.165) is 6.54 Å². The zero-order valence-corrected chi connectivity index (χ0v) is 14.1. The Bertz CT molecular complexity index is 1080. The fraction of sp³-hybridized carbons (Fsp3) is 0.412. The molecule has 0 aliphatic carbocycles. The second kappa shape index (κ2) is 5.73. The maximum atomic E-state index is 14.8. The van der Waals surface area contributed by atoms with Gasteiger partial charge in [-0.25, -0.2) is 4.39 Å². The van der Waals surface area contributed by atoms with Gasteiger partial charge >= 0.3 is 0 Å². The Labute approximate surface area is 142 Å². The third-order valence-corrected chi connectivity index (χ3v) is 4.78. The van der Waals surface area contributed by atoms with Gasteiger partial charge in [0, 0.05) is 37.6 Å². The van der Waals surface area contributed by atoms with Crippen LogP contribution in [0.2, 0.25) is 0 Å². The molecule has 0 spiro atoms. The maximum absolute atomic E-state index is 14.8. The molecule has 0 saturated carbocycles. The number of aryl methyl sites for hydroxylation is 1. The number of nitrogens with zero attached hydrogens (tertiary/aromatic N) is 2. The van der Waals surface area contributed by atoms with E-state index in [0.29, 0.717) is 30.8 Å². The molecule has 8 heteroatoms. The molecule has 0 bridgehead atoms. The summed E-state index contributed by atoms with van der Waals surface area (Å²) < 4.78 is 21.7. The number of hydrogen-bond acceptors (Lipinski definition) is 5. The lowest BCUT2D eigenvalue weighted by Crippen LogP contribution is -2.49. The van der Waals surface area contributed by atoms with E-state index in [1.807, 2.05) is 18.7 Å². The number of fused-ring (bicyclic) bond motifs is 2. The highest BCUT2D eigenvalue weighted by Crippen LogP contribution is 2.27. The van der Waals surface area contributed by atoms with Crippen molar-refractivity contribution in [2.45, 2.75) is 26.4 Å².